The molecule has 0 aliphatic carbocycles. The van der Waals surface area contributed by atoms with Crippen LogP contribution in [0.2, 0.25) is 0 Å². The molecule has 14 nitrogen and oxygen atoms in total. The second kappa shape index (κ2) is 12.9. The van der Waals surface area contributed by atoms with Gasteiger partial charge in [-0.05, 0) is 26.0 Å². The highest BCUT2D eigenvalue weighted by Crippen LogP contribution is 2.32. The molecule has 1 fully saturated rings. The summed E-state index contributed by atoms with van der Waals surface area (Å²) < 4.78 is 32.8. The molecular weight excluding hydrogens is 594 g/mol. The lowest BCUT2D eigenvalue weighted by Gasteiger charge is -2.35. The number of piperazine rings is 1. The maximum absolute atomic E-state index is 13.3. The van der Waals surface area contributed by atoms with E-state index in [-0.39, 0.29) is 15.4 Å². The average molecular weight is 626 g/mol. The van der Waals surface area contributed by atoms with Crippen molar-refractivity contribution >= 4 is 61.4 Å². The van der Waals surface area contributed by atoms with E-state index >= 15 is 0 Å². The van der Waals surface area contributed by atoms with Crippen LogP contribution in [-0.4, -0.2) is 95.9 Å². The number of aromatic nitrogens is 4. The number of para-hydroxylation sites is 1. The Morgan fingerprint density at radius 2 is 1.98 bits per heavy atom. The van der Waals surface area contributed by atoms with E-state index in [9.17, 15) is 18.0 Å². The second-order valence-electron chi connectivity index (χ2n) is 9.91. The first-order valence-corrected chi connectivity index (χ1v) is 15.7. The number of anilines is 3. The monoisotopic (exact) mass is 625 g/mol. The Kier molecular flexibility index (Phi) is 9.10. The molecule has 0 spiro atoms. The molecule has 16 heteroatoms. The lowest BCUT2D eigenvalue weighted by molar-refractivity contribution is -0.105. The number of carbonyl (C=O) groups is 2. The maximum Gasteiger partial charge on any atom is 0.413 e. The van der Waals surface area contributed by atoms with Gasteiger partial charge in [0, 0.05) is 61.5 Å². The van der Waals surface area contributed by atoms with Gasteiger partial charge >= 0.3 is 6.09 Å². The Morgan fingerprint density at radius 3 is 2.72 bits per heavy atom. The number of fused-ring (bicyclic) bond motifs is 1. The van der Waals surface area contributed by atoms with Crippen molar-refractivity contribution in [2.45, 2.75) is 24.1 Å². The van der Waals surface area contributed by atoms with Crippen LogP contribution >= 0.6 is 11.3 Å². The van der Waals surface area contributed by atoms with Gasteiger partial charge in [0.05, 0.1) is 30.2 Å². The molecule has 0 saturated carbocycles. The summed E-state index contributed by atoms with van der Waals surface area (Å²) in [5.74, 6) is 0.688. The first kappa shape index (κ1) is 30.2. The fourth-order valence-corrected chi connectivity index (χ4v) is 7.88. The van der Waals surface area contributed by atoms with Gasteiger partial charge in [-0.2, -0.15) is 4.31 Å². The number of aryl methyl sites for hydroxylation is 1. The molecule has 3 N–H and O–H groups in total. The van der Waals surface area contributed by atoms with E-state index in [4.69, 9.17) is 0 Å². The van der Waals surface area contributed by atoms with E-state index in [1.807, 2.05) is 24.3 Å². The smallest absolute Gasteiger partial charge is 0.413 e. The highest BCUT2D eigenvalue weighted by molar-refractivity contribution is 7.91. The Labute approximate surface area is 252 Å². The number of thiazole rings is 1. The van der Waals surface area contributed by atoms with E-state index in [1.165, 1.54) is 17.7 Å². The van der Waals surface area contributed by atoms with Crippen molar-refractivity contribution < 1.29 is 22.7 Å². The summed E-state index contributed by atoms with van der Waals surface area (Å²) in [6.45, 7) is 6.11. The predicted molar refractivity (Wildman–Crippen MR) is 164 cm³/mol. The SMILES string of the molecule is COC(=O)Nc1nc(C)c(S(=O)(=O)N2CCN(CC(C)Nc3ncnc4c(-c5cncc(NC=O)c5)cccc34)CC2)s1. The molecule has 2 amide bonds. The van der Waals surface area contributed by atoms with Crippen LogP contribution in [0.5, 0.6) is 0 Å². The van der Waals surface area contributed by atoms with Crippen molar-refractivity contribution in [3.63, 3.8) is 0 Å². The summed E-state index contributed by atoms with van der Waals surface area (Å²) in [5, 5.41) is 9.56. The van der Waals surface area contributed by atoms with Gasteiger partial charge in [-0.3, -0.25) is 20.0 Å². The van der Waals surface area contributed by atoms with E-state index in [0.29, 0.717) is 56.3 Å². The van der Waals surface area contributed by atoms with E-state index in [2.05, 4.69) is 52.4 Å². The highest BCUT2D eigenvalue weighted by atomic mass is 32.2. The number of rotatable bonds is 10. The number of carbonyl (C=O) groups excluding carboxylic acids is 2. The summed E-state index contributed by atoms with van der Waals surface area (Å²) in [5.41, 5.74) is 3.34. The molecule has 226 valence electrons. The molecule has 4 heterocycles. The Morgan fingerprint density at radius 1 is 1.19 bits per heavy atom. The Hall–Kier alpha value is -4.25. The number of hydrogen-bond donors (Lipinski definition) is 3. The lowest BCUT2D eigenvalue weighted by atomic mass is 10.0. The van der Waals surface area contributed by atoms with E-state index in [1.54, 1.807) is 19.3 Å². The van der Waals surface area contributed by atoms with Crippen molar-refractivity contribution in [1.82, 2.24) is 29.1 Å². The zero-order valence-corrected chi connectivity index (χ0v) is 25.4. The predicted octanol–water partition coefficient (Wildman–Crippen LogP) is 3.01. The van der Waals surface area contributed by atoms with Crippen LogP contribution in [0, 0.1) is 6.92 Å². The van der Waals surface area contributed by atoms with E-state index in [0.717, 1.165) is 33.4 Å². The third kappa shape index (κ3) is 6.72. The largest absolute Gasteiger partial charge is 0.453 e. The Bertz CT molecular complexity index is 1740. The fourth-order valence-electron chi connectivity index (χ4n) is 4.92. The van der Waals surface area contributed by atoms with Gasteiger partial charge in [0.15, 0.2) is 9.34 Å². The molecule has 1 atom stereocenters. The summed E-state index contributed by atoms with van der Waals surface area (Å²) in [6, 6.07) is 7.66. The van der Waals surface area contributed by atoms with Gasteiger partial charge in [-0.1, -0.05) is 23.5 Å². The third-order valence-electron chi connectivity index (χ3n) is 6.91. The van der Waals surface area contributed by atoms with Crippen LogP contribution in [0.15, 0.2) is 47.2 Å². The van der Waals surface area contributed by atoms with Gasteiger partial charge in [0.1, 0.15) is 12.1 Å². The Balaban J connectivity index is 1.23. The van der Waals surface area contributed by atoms with Crippen molar-refractivity contribution in [1.29, 1.82) is 0 Å². The minimum atomic E-state index is -3.76. The van der Waals surface area contributed by atoms with Crippen molar-refractivity contribution in [3.05, 3.63) is 48.7 Å². The van der Waals surface area contributed by atoms with Gasteiger partial charge in [0.2, 0.25) is 6.41 Å². The number of hydrogen-bond acceptors (Lipinski definition) is 12. The van der Waals surface area contributed by atoms with Crippen molar-refractivity contribution in [3.8, 4) is 11.1 Å². The van der Waals surface area contributed by atoms with E-state index < -0.39 is 16.1 Å². The number of amides is 2. The molecular formula is C27H31N9O5S2. The molecule has 4 aromatic rings. The topological polar surface area (TPSA) is 172 Å². The summed E-state index contributed by atoms with van der Waals surface area (Å²) in [7, 11) is -2.53. The number of nitrogens with zero attached hydrogens (tertiary/aromatic N) is 6. The fraction of sp³-hybridized carbons (Fsp3) is 0.333. The second-order valence-corrected chi connectivity index (χ2v) is 13.0. The summed E-state index contributed by atoms with van der Waals surface area (Å²) in [6.07, 6.45) is 4.71. The molecule has 0 radical (unpaired) electrons. The van der Waals surface area contributed by atoms with Crippen LogP contribution in [0.4, 0.5) is 21.4 Å². The zero-order chi connectivity index (χ0) is 30.6. The first-order chi connectivity index (χ1) is 20.7. The number of pyridine rings is 1. The highest BCUT2D eigenvalue weighted by Gasteiger charge is 2.32. The summed E-state index contributed by atoms with van der Waals surface area (Å²) in [4.78, 5) is 42.0. The van der Waals surface area contributed by atoms with Gasteiger partial charge < -0.3 is 15.4 Å². The number of benzene rings is 1. The lowest BCUT2D eigenvalue weighted by Crippen LogP contribution is -2.50. The van der Waals surface area contributed by atoms with Crippen LogP contribution in [0.1, 0.15) is 12.6 Å². The van der Waals surface area contributed by atoms with Gasteiger partial charge in [0.25, 0.3) is 10.0 Å². The number of ether oxygens (including phenoxy) is 1. The van der Waals surface area contributed by atoms with Crippen molar-refractivity contribution in [2.24, 2.45) is 0 Å². The number of sulfonamides is 1. The molecule has 1 aliphatic heterocycles. The molecule has 0 bridgehead atoms. The minimum absolute atomic E-state index is 0.00222. The number of methoxy groups -OCH3 is 1. The third-order valence-corrected chi connectivity index (χ3v) is 10.5. The van der Waals surface area contributed by atoms with Crippen LogP contribution < -0.4 is 16.0 Å². The summed E-state index contributed by atoms with van der Waals surface area (Å²) >= 11 is 0.911. The molecule has 1 aliphatic rings. The van der Waals surface area contributed by atoms with Crippen LogP contribution in [0.25, 0.3) is 22.0 Å². The zero-order valence-electron chi connectivity index (χ0n) is 23.8. The van der Waals surface area contributed by atoms with Crippen LogP contribution in [0.3, 0.4) is 0 Å². The minimum Gasteiger partial charge on any atom is -0.453 e. The molecule has 1 saturated heterocycles. The normalized spacial score (nSPS) is 15.1. The molecule has 1 unspecified atom stereocenters. The standard InChI is InChI=1S/C27H31N9O5S2/c1-17(14-35-7-9-36(10-8-35)43(39,40)25-18(2)33-26(42-25)34-27(38)41-3)32-24-22-6-4-5-21(23(22)29-15-30-24)19-11-20(31-16-37)13-28-12-19/h4-6,11-13,15-17H,7-10,14H2,1-3H3,(H,31,37)(H,29,30,32)(H,33,34,38). The molecule has 43 heavy (non-hydrogen) atoms. The first-order valence-electron chi connectivity index (χ1n) is 13.4. The maximum atomic E-state index is 13.3. The quantitative estimate of drug-likeness (QED) is 0.221. The average Bonchev–Trinajstić information content (AvgIpc) is 3.38. The van der Waals surface area contributed by atoms with Crippen LogP contribution in [-0.2, 0) is 19.6 Å². The molecule has 5 rings (SSSR count). The molecule has 1 aromatic carbocycles. The van der Waals surface area contributed by atoms with Crippen molar-refractivity contribution in [2.75, 3.05) is 55.8 Å². The van der Waals surface area contributed by atoms with Gasteiger partial charge in [-0.25, -0.2) is 28.2 Å². The van der Waals surface area contributed by atoms with Gasteiger partial charge in [-0.15, -0.1) is 0 Å². The number of nitrogens with one attached hydrogen (secondary N) is 3. The molecule has 3 aromatic heterocycles.